The highest BCUT2D eigenvalue weighted by atomic mass is 16.6. The molecule has 2 aliphatic heterocycles. The summed E-state index contributed by atoms with van der Waals surface area (Å²) in [6, 6.07) is 7.53. The molecule has 0 spiro atoms. The number of ether oxygens (including phenoxy) is 2. The van der Waals surface area contributed by atoms with Crippen LogP contribution in [0.15, 0.2) is 30.5 Å². The van der Waals surface area contributed by atoms with Crippen molar-refractivity contribution in [3.8, 4) is 11.4 Å². The molecule has 252 valence electrons. The summed E-state index contributed by atoms with van der Waals surface area (Å²) in [6.07, 6.45) is 0.919. The van der Waals surface area contributed by atoms with Crippen molar-refractivity contribution in [2.45, 2.75) is 98.8 Å². The Labute approximate surface area is 276 Å². The topological polar surface area (TPSA) is 126 Å². The molecular weight excluding hydrogens is 600 g/mol. The van der Waals surface area contributed by atoms with Gasteiger partial charge >= 0.3 is 12.2 Å². The van der Waals surface area contributed by atoms with E-state index in [1.165, 1.54) is 4.90 Å². The van der Waals surface area contributed by atoms with E-state index in [4.69, 9.17) is 19.4 Å². The van der Waals surface area contributed by atoms with Gasteiger partial charge in [-0.15, -0.1) is 0 Å². The van der Waals surface area contributed by atoms with E-state index in [9.17, 15) is 14.4 Å². The van der Waals surface area contributed by atoms with Gasteiger partial charge in [0.2, 0.25) is 0 Å². The Morgan fingerprint density at radius 1 is 0.979 bits per heavy atom. The molecule has 0 atom stereocenters. The lowest BCUT2D eigenvalue weighted by Gasteiger charge is -2.30. The number of fused-ring (bicyclic) bond motifs is 2. The molecule has 0 saturated carbocycles. The van der Waals surface area contributed by atoms with Crippen molar-refractivity contribution >= 4 is 29.7 Å². The van der Waals surface area contributed by atoms with Crippen LogP contribution >= 0.6 is 0 Å². The van der Waals surface area contributed by atoms with E-state index < -0.39 is 17.3 Å². The first kappa shape index (κ1) is 33.7. The van der Waals surface area contributed by atoms with Gasteiger partial charge in [-0.3, -0.25) is 14.6 Å². The summed E-state index contributed by atoms with van der Waals surface area (Å²) in [7, 11) is 3.60. The standard InChI is InChI=1S/C34H46N8O5/c1-21(2)39(10)28-16-22-23(25(37-28)19-38(9)31(44)46-33(3,4)5)18-42(30(22)43)27-13-11-12-24(36-27)26-17-35-29-20-40(14-15-41(26)29)32(45)47-34(6,7)8/h11-13,16-17,21H,14-15,18-20H2,1-10H3. The first-order chi connectivity index (χ1) is 21.9. The highest BCUT2D eigenvalue weighted by molar-refractivity contribution is 6.10. The van der Waals surface area contributed by atoms with E-state index in [2.05, 4.69) is 23.4 Å². The SMILES string of the molecule is CC(C)N(C)c1cc2c(c(CN(C)C(=O)OC(C)(C)C)n1)CN(c1cccc(-c3cnc4n3CCN(C(=O)OC(C)(C)C)C4)n1)C2=O. The normalized spacial score (nSPS) is 14.7. The number of aromatic nitrogens is 4. The fourth-order valence-corrected chi connectivity index (χ4v) is 5.41. The van der Waals surface area contributed by atoms with Crippen molar-refractivity contribution in [1.29, 1.82) is 0 Å². The summed E-state index contributed by atoms with van der Waals surface area (Å²) < 4.78 is 13.2. The van der Waals surface area contributed by atoms with Gasteiger partial charge in [-0.2, -0.15) is 0 Å². The Morgan fingerprint density at radius 3 is 2.34 bits per heavy atom. The van der Waals surface area contributed by atoms with Crippen LogP contribution in [-0.2, 0) is 35.7 Å². The maximum atomic E-state index is 14.0. The Bertz CT molecular complexity index is 1690. The van der Waals surface area contributed by atoms with E-state index in [1.807, 2.05) is 77.8 Å². The number of amides is 3. The van der Waals surface area contributed by atoms with Gasteiger partial charge in [-0.1, -0.05) is 6.07 Å². The molecule has 5 heterocycles. The first-order valence-corrected chi connectivity index (χ1v) is 15.9. The quantitative estimate of drug-likeness (QED) is 0.343. The maximum Gasteiger partial charge on any atom is 0.410 e. The van der Waals surface area contributed by atoms with E-state index >= 15 is 0 Å². The number of carbonyl (C=O) groups is 3. The van der Waals surface area contributed by atoms with Gasteiger partial charge in [0.1, 0.15) is 28.7 Å². The molecule has 3 aromatic rings. The lowest BCUT2D eigenvalue weighted by Crippen LogP contribution is -2.41. The zero-order valence-electron chi connectivity index (χ0n) is 29.1. The molecule has 0 fully saturated rings. The van der Waals surface area contributed by atoms with Crippen molar-refractivity contribution in [2.75, 3.05) is 30.4 Å². The molecule has 0 radical (unpaired) electrons. The van der Waals surface area contributed by atoms with Crippen LogP contribution in [0.4, 0.5) is 21.2 Å². The zero-order chi connectivity index (χ0) is 34.4. The largest absolute Gasteiger partial charge is 0.444 e. The predicted molar refractivity (Wildman–Crippen MR) is 178 cm³/mol. The number of carbonyl (C=O) groups excluding carboxylic acids is 3. The average Bonchev–Trinajstić information content (AvgIpc) is 3.56. The van der Waals surface area contributed by atoms with E-state index in [0.717, 1.165) is 17.1 Å². The van der Waals surface area contributed by atoms with Gasteiger partial charge in [-0.25, -0.2) is 24.5 Å². The molecule has 5 rings (SSSR count). The summed E-state index contributed by atoms with van der Waals surface area (Å²) in [5, 5.41) is 0. The van der Waals surface area contributed by atoms with Crippen molar-refractivity contribution in [2.24, 2.45) is 0 Å². The summed E-state index contributed by atoms with van der Waals surface area (Å²) in [4.78, 5) is 60.7. The Hall–Kier alpha value is -4.68. The Kier molecular flexibility index (Phi) is 8.95. The van der Waals surface area contributed by atoms with Crippen LogP contribution in [0.3, 0.4) is 0 Å². The number of imidazole rings is 1. The van der Waals surface area contributed by atoms with Crippen LogP contribution in [0.2, 0.25) is 0 Å². The van der Waals surface area contributed by atoms with Crippen LogP contribution in [0.1, 0.15) is 82.8 Å². The number of pyridine rings is 2. The molecule has 3 amide bonds. The second-order valence-corrected chi connectivity index (χ2v) is 14.4. The number of nitrogens with zero attached hydrogens (tertiary/aromatic N) is 8. The second-order valence-electron chi connectivity index (χ2n) is 14.4. The van der Waals surface area contributed by atoms with Crippen LogP contribution in [-0.4, -0.2) is 85.3 Å². The molecule has 47 heavy (non-hydrogen) atoms. The monoisotopic (exact) mass is 646 g/mol. The third-order valence-corrected chi connectivity index (χ3v) is 8.01. The maximum absolute atomic E-state index is 14.0. The van der Waals surface area contributed by atoms with Gasteiger partial charge in [0.15, 0.2) is 0 Å². The number of anilines is 2. The molecule has 0 N–H and O–H groups in total. The second kappa shape index (κ2) is 12.5. The molecule has 0 aromatic carbocycles. The lowest BCUT2D eigenvalue weighted by atomic mass is 10.1. The molecule has 13 nitrogen and oxygen atoms in total. The number of hydrogen-bond acceptors (Lipinski definition) is 9. The van der Waals surface area contributed by atoms with Crippen molar-refractivity contribution < 1.29 is 23.9 Å². The molecule has 0 aliphatic carbocycles. The highest BCUT2D eigenvalue weighted by Gasteiger charge is 2.35. The summed E-state index contributed by atoms with van der Waals surface area (Å²) in [5.41, 5.74) is 2.16. The molecule has 3 aromatic heterocycles. The van der Waals surface area contributed by atoms with Crippen molar-refractivity contribution in [3.05, 3.63) is 53.1 Å². The van der Waals surface area contributed by atoms with Crippen LogP contribution in [0.25, 0.3) is 11.4 Å². The molecule has 0 bridgehead atoms. The Morgan fingerprint density at radius 2 is 1.68 bits per heavy atom. The number of hydrogen-bond donors (Lipinski definition) is 0. The van der Waals surface area contributed by atoms with Gasteiger partial charge in [0, 0.05) is 38.8 Å². The third-order valence-electron chi connectivity index (χ3n) is 8.01. The molecule has 0 unspecified atom stereocenters. The predicted octanol–water partition coefficient (Wildman–Crippen LogP) is 5.46. The van der Waals surface area contributed by atoms with E-state index in [-0.39, 0.29) is 31.1 Å². The van der Waals surface area contributed by atoms with Gasteiger partial charge in [0.25, 0.3) is 5.91 Å². The minimum atomic E-state index is -0.643. The van der Waals surface area contributed by atoms with Gasteiger partial charge in [-0.05, 0) is 73.6 Å². The summed E-state index contributed by atoms with van der Waals surface area (Å²) in [5.74, 6) is 1.70. The Balaban J connectivity index is 1.42. The van der Waals surface area contributed by atoms with Crippen molar-refractivity contribution in [1.82, 2.24) is 29.3 Å². The fourth-order valence-electron chi connectivity index (χ4n) is 5.41. The smallest absolute Gasteiger partial charge is 0.410 e. The average molecular weight is 647 g/mol. The summed E-state index contributed by atoms with van der Waals surface area (Å²) in [6.45, 7) is 16.9. The minimum Gasteiger partial charge on any atom is -0.444 e. The molecular formula is C34H46N8O5. The van der Waals surface area contributed by atoms with Crippen LogP contribution < -0.4 is 9.80 Å². The van der Waals surface area contributed by atoms with Gasteiger partial charge < -0.3 is 23.8 Å². The van der Waals surface area contributed by atoms with E-state index in [1.54, 1.807) is 23.0 Å². The summed E-state index contributed by atoms with van der Waals surface area (Å²) >= 11 is 0. The van der Waals surface area contributed by atoms with Crippen LogP contribution in [0.5, 0.6) is 0 Å². The third kappa shape index (κ3) is 7.34. The number of rotatable bonds is 6. The van der Waals surface area contributed by atoms with Crippen molar-refractivity contribution in [3.63, 3.8) is 0 Å². The zero-order valence-corrected chi connectivity index (χ0v) is 29.1. The van der Waals surface area contributed by atoms with E-state index in [0.29, 0.717) is 48.2 Å². The molecule has 2 aliphatic rings. The van der Waals surface area contributed by atoms with Crippen LogP contribution in [0, 0.1) is 0 Å². The fraction of sp³-hybridized carbons (Fsp3) is 0.529. The minimum absolute atomic E-state index is 0.140. The first-order valence-electron chi connectivity index (χ1n) is 15.9. The van der Waals surface area contributed by atoms with Gasteiger partial charge in [0.05, 0.1) is 48.5 Å². The lowest BCUT2D eigenvalue weighted by molar-refractivity contribution is 0.0194. The molecule has 0 saturated heterocycles. The highest BCUT2D eigenvalue weighted by Crippen LogP contribution is 2.34. The molecule has 13 heteroatoms.